The summed E-state index contributed by atoms with van der Waals surface area (Å²) in [6.45, 7) is 1.61. The van der Waals surface area contributed by atoms with Crippen LogP contribution in [0.25, 0.3) is 0 Å². The summed E-state index contributed by atoms with van der Waals surface area (Å²) in [7, 11) is 0. The summed E-state index contributed by atoms with van der Waals surface area (Å²) in [6, 6.07) is 3.91. The van der Waals surface area contributed by atoms with Crippen LogP contribution in [0.5, 0.6) is 5.75 Å². The van der Waals surface area contributed by atoms with Crippen molar-refractivity contribution in [2.24, 2.45) is 0 Å². The van der Waals surface area contributed by atoms with Crippen molar-refractivity contribution in [1.29, 1.82) is 0 Å². The van der Waals surface area contributed by atoms with Crippen molar-refractivity contribution in [3.63, 3.8) is 0 Å². The third-order valence-corrected chi connectivity index (χ3v) is 1.39. The molecule has 0 saturated carbocycles. The Morgan fingerprint density at radius 2 is 2.17 bits per heavy atom. The number of nitrogens with zero attached hydrogens (tertiary/aromatic N) is 1. The largest absolute Gasteiger partial charge is 1.00 e. The Labute approximate surface area is 93.1 Å². The van der Waals surface area contributed by atoms with Gasteiger partial charge in [0.25, 0.3) is 5.69 Å². The molecule has 1 rings (SSSR count). The molecular weight excluding hydrogens is 169 g/mol. The Morgan fingerprint density at radius 1 is 1.58 bits per heavy atom. The summed E-state index contributed by atoms with van der Waals surface area (Å²) in [6.07, 6.45) is 0. The van der Waals surface area contributed by atoms with Crippen LogP contribution in [0.2, 0.25) is 0 Å². The van der Waals surface area contributed by atoms with Gasteiger partial charge in [-0.25, -0.2) is 0 Å². The molecule has 0 unspecified atom stereocenters. The third-order valence-electron chi connectivity index (χ3n) is 1.39. The smallest absolute Gasteiger partial charge is 1.00 e. The van der Waals surface area contributed by atoms with E-state index in [0.29, 0.717) is 5.56 Å². The van der Waals surface area contributed by atoms with Gasteiger partial charge >= 0.3 is 29.6 Å². The number of nitro benzene ring substituents is 1. The molecule has 0 radical (unpaired) electrons. The van der Waals surface area contributed by atoms with E-state index in [2.05, 4.69) is 0 Å². The molecule has 0 fully saturated rings. The number of aryl methyl sites for hydroxylation is 1. The standard InChI is InChI=1S/C7H7NO3.Na.H/c1-5-4-6(8(10)11)2-3-7(5)9;;/h2-4,9H,1H3;;/q;+1;-1. The van der Waals surface area contributed by atoms with E-state index < -0.39 is 4.92 Å². The summed E-state index contributed by atoms with van der Waals surface area (Å²) >= 11 is 0. The van der Waals surface area contributed by atoms with Gasteiger partial charge in [0.15, 0.2) is 0 Å². The van der Waals surface area contributed by atoms with Crippen LogP contribution in [0.3, 0.4) is 0 Å². The van der Waals surface area contributed by atoms with Gasteiger partial charge in [0.1, 0.15) is 5.75 Å². The molecule has 0 spiro atoms. The molecule has 1 N–H and O–H groups in total. The minimum absolute atomic E-state index is 0. The SMILES string of the molecule is Cc1cc([N+](=O)[O-])ccc1O.[H-].[Na+]. The van der Waals surface area contributed by atoms with Crippen LogP contribution in [0.15, 0.2) is 18.2 Å². The minimum atomic E-state index is -0.494. The summed E-state index contributed by atoms with van der Waals surface area (Å²) in [5.41, 5.74) is 0.513. The Kier molecular flexibility index (Phi) is 4.23. The number of phenols is 1. The fraction of sp³-hybridized carbons (Fsp3) is 0.143. The molecule has 60 valence electrons. The van der Waals surface area contributed by atoms with Gasteiger partial charge in [-0.05, 0) is 18.6 Å². The van der Waals surface area contributed by atoms with Crippen molar-refractivity contribution in [2.75, 3.05) is 0 Å². The molecule has 1 aromatic carbocycles. The van der Waals surface area contributed by atoms with Crippen molar-refractivity contribution >= 4 is 5.69 Å². The van der Waals surface area contributed by atoms with Gasteiger partial charge in [-0.1, -0.05) is 0 Å². The van der Waals surface area contributed by atoms with Crippen LogP contribution in [0.4, 0.5) is 5.69 Å². The third kappa shape index (κ3) is 2.48. The van der Waals surface area contributed by atoms with Crippen LogP contribution in [-0.4, -0.2) is 10.0 Å². The van der Waals surface area contributed by atoms with Gasteiger partial charge < -0.3 is 6.53 Å². The number of nitro groups is 1. The van der Waals surface area contributed by atoms with Crippen LogP contribution in [0, 0.1) is 17.0 Å². The molecule has 0 bridgehead atoms. The van der Waals surface area contributed by atoms with Crippen molar-refractivity contribution < 1.29 is 41.0 Å². The Balaban J connectivity index is 0. The van der Waals surface area contributed by atoms with Gasteiger partial charge in [0, 0.05) is 12.1 Å². The summed E-state index contributed by atoms with van der Waals surface area (Å²) in [5.74, 6) is 0.0793. The Bertz CT molecular complexity index is 306. The van der Waals surface area contributed by atoms with Crippen LogP contribution < -0.4 is 29.6 Å². The molecule has 0 saturated heterocycles. The van der Waals surface area contributed by atoms with Gasteiger partial charge in [0.05, 0.1) is 4.92 Å². The zero-order chi connectivity index (χ0) is 8.43. The second-order valence-electron chi connectivity index (χ2n) is 2.23. The average Bonchev–Trinajstić information content (AvgIpc) is 1.94. The zero-order valence-corrected chi connectivity index (χ0v) is 8.94. The molecule has 0 amide bonds. The number of benzene rings is 1. The molecule has 0 heterocycles. The maximum atomic E-state index is 10.2. The topological polar surface area (TPSA) is 63.4 Å². The molecule has 1 aromatic rings. The van der Waals surface area contributed by atoms with Gasteiger partial charge in [-0.15, -0.1) is 0 Å². The fourth-order valence-electron chi connectivity index (χ4n) is 0.753. The Hall–Kier alpha value is -0.580. The van der Waals surface area contributed by atoms with Gasteiger partial charge in [-0.3, -0.25) is 10.1 Å². The van der Waals surface area contributed by atoms with Crippen LogP contribution in [-0.2, 0) is 0 Å². The number of non-ortho nitro benzene ring substituents is 1. The average molecular weight is 177 g/mol. The molecule has 0 aliphatic carbocycles. The maximum Gasteiger partial charge on any atom is 1.00 e. The molecule has 0 aliphatic rings. The quantitative estimate of drug-likeness (QED) is 0.330. The Morgan fingerprint density at radius 3 is 2.58 bits per heavy atom. The van der Waals surface area contributed by atoms with E-state index in [4.69, 9.17) is 5.11 Å². The predicted octanol–water partition coefficient (Wildman–Crippen LogP) is -1.27. The van der Waals surface area contributed by atoms with E-state index in [9.17, 15) is 10.1 Å². The second kappa shape index (κ2) is 4.45. The van der Waals surface area contributed by atoms with Gasteiger partial charge in [-0.2, -0.15) is 0 Å². The van der Waals surface area contributed by atoms with Crippen LogP contribution in [0.1, 0.15) is 6.99 Å². The summed E-state index contributed by atoms with van der Waals surface area (Å²) in [5, 5.41) is 19.2. The van der Waals surface area contributed by atoms with Crippen molar-refractivity contribution in [1.82, 2.24) is 0 Å². The molecule has 0 atom stereocenters. The summed E-state index contributed by atoms with van der Waals surface area (Å²) in [4.78, 5) is 9.69. The predicted molar refractivity (Wildman–Crippen MR) is 40.6 cm³/mol. The number of phenolic OH excluding ortho intramolecular Hbond substituents is 1. The first-order chi connectivity index (χ1) is 5.11. The van der Waals surface area contributed by atoms with Crippen molar-refractivity contribution in [3.8, 4) is 5.75 Å². The van der Waals surface area contributed by atoms with E-state index in [1.54, 1.807) is 6.92 Å². The molecule has 5 heteroatoms. The van der Waals surface area contributed by atoms with E-state index in [0.717, 1.165) is 0 Å². The zero-order valence-electron chi connectivity index (χ0n) is 7.94. The molecular formula is C7H8NNaO3. The second-order valence-corrected chi connectivity index (χ2v) is 2.23. The van der Waals surface area contributed by atoms with Crippen molar-refractivity contribution in [2.45, 2.75) is 6.92 Å². The minimum Gasteiger partial charge on any atom is -1.00 e. The molecule has 0 aromatic heterocycles. The van der Waals surface area contributed by atoms with E-state index in [-0.39, 0.29) is 42.4 Å². The van der Waals surface area contributed by atoms with E-state index in [1.165, 1.54) is 18.2 Å². The molecule has 0 aliphatic heterocycles. The monoisotopic (exact) mass is 177 g/mol. The fourth-order valence-corrected chi connectivity index (χ4v) is 0.753. The van der Waals surface area contributed by atoms with E-state index >= 15 is 0 Å². The molecule has 4 nitrogen and oxygen atoms in total. The summed E-state index contributed by atoms with van der Waals surface area (Å²) < 4.78 is 0. The number of rotatable bonds is 1. The first-order valence-electron chi connectivity index (χ1n) is 3.05. The van der Waals surface area contributed by atoms with E-state index in [1.807, 2.05) is 0 Å². The first kappa shape index (κ1) is 11.4. The van der Waals surface area contributed by atoms with Crippen LogP contribution >= 0.6 is 0 Å². The normalized spacial score (nSPS) is 8.75. The number of hydrogen-bond donors (Lipinski definition) is 1. The maximum absolute atomic E-state index is 10.2. The molecule has 12 heavy (non-hydrogen) atoms. The number of aromatic hydroxyl groups is 1. The van der Waals surface area contributed by atoms with Gasteiger partial charge in [0.2, 0.25) is 0 Å². The first-order valence-corrected chi connectivity index (χ1v) is 3.05. The van der Waals surface area contributed by atoms with Crippen molar-refractivity contribution in [3.05, 3.63) is 33.9 Å². The number of hydrogen-bond acceptors (Lipinski definition) is 3.